The van der Waals surface area contributed by atoms with Gasteiger partial charge in [0.25, 0.3) is 5.56 Å². The Morgan fingerprint density at radius 2 is 1.53 bits per heavy atom. The first-order valence-electron chi connectivity index (χ1n) is 11.2. The van der Waals surface area contributed by atoms with Crippen molar-refractivity contribution in [1.29, 1.82) is 0 Å². The molecule has 1 heterocycles. The van der Waals surface area contributed by atoms with Gasteiger partial charge < -0.3 is 4.98 Å². The lowest BCUT2D eigenvalue weighted by atomic mass is 9.83. The molecule has 0 radical (unpaired) electrons. The third-order valence-corrected chi connectivity index (χ3v) is 7.40. The van der Waals surface area contributed by atoms with Crippen molar-refractivity contribution >= 4 is 27.4 Å². The number of ketones is 1. The summed E-state index contributed by atoms with van der Waals surface area (Å²) in [5.74, 6) is -0.322. The Labute approximate surface area is 214 Å². The molecule has 0 aliphatic rings. The van der Waals surface area contributed by atoms with E-state index in [1.54, 1.807) is 25.1 Å². The number of rotatable bonds is 7. The minimum absolute atomic E-state index is 0.0529. The SMILES string of the molecule is Cc1cc(Cl)ccc1C(CC(=O)c1c[nH]c(=O)c(C)c1)c1ccc(-c2ccc(S(N)(=O)=O)cc2)cc1. The van der Waals surface area contributed by atoms with Gasteiger partial charge in [-0.3, -0.25) is 9.59 Å². The third kappa shape index (κ3) is 5.65. The van der Waals surface area contributed by atoms with Gasteiger partial charge in [0.2, 0.25) is 10.0 Å². The van der Waals surface area contributed by atoms with Crippen LogP contribution in [0.1, 0.15) is 45.0 Å². The monoisotopic (exact) mass is 520 g/mol. The predicted octanol–water partition coefficient (Wildman–Crippen LogP) is 5.36. The second kappa shape index (κ2) is 10.2. The second-order valence-electron chi connectivity index (χ2n) is 8.77. The van der Waals surface area contributed by atoms with Crippen LogP contribution in [0.5, 0.6) is 0 Å². The van der Waals surface area contributed by atoms with E-state index >= 15 is 0 Å². The Morgan fingerprint density at radius 3 is 2.08 bits per heavy atom. The molecule has 4 aromatic rings. The number of H-pyrrole nitrogens is 1. The van der Waals surface area contributed by atoms with Crippen LogP contribution >= 0.6 is 11.6 Å². The van der Waals surface area contributed by atoms with Crippen molar-refractivity contribution in [2.75, 3.05) is 0 Å². The standard InChI is InChI=1S/C28H25ClN2O4S/c1-17-14-23(29)9-12-25(17)26(15-27(32)22-13-18(2)28(33)31-16-22)21-5-3-19(4-6-21)20-7-10-24(11-8-20)36(30,34)35/h3-14,16,26H,15H2,1-2H3,(H,31,33)(H2,30,34,35). The molecule has 3 aromatic carbocycles. The fourth-order valence-corrected chi connectivity index (χ4v) is 4.99. The van der Waals surface area contributed by atoms with Gasteiger partial charge in [-0.05, 0) is 72.0 Å². The maximum absolute atomic E-state index is 13.2. The molecule has 1 aromatic heterocycles. The first-order chi connectivity index (χ1) is 17.0. The number of halogens is 1. The van der Waals surface area contributed by atoms with Gasteiger partial charge in [-0.1, -0.05) is 54.1 Å². The molecule has 6 nitrogen and oxygen atoms in total. The lowest BCUT2D eigenvalue weighted by molar-refractivity contribution is 0.0977. The van der Waals surface area contributed by atoms with E-state index in [1.807, 2.05) is 49.4 Å². The molecule has 0 spiro atoms. The minimum atomic E-state index is -3.76. The molecule has 36 heavy (non-hydrogen) atoms. The number of nitrogens with two attached hydrogens (primary N) is 1. The Bertz CT molecular complexity index is 1590. The van der Waals surface area contributed by atoms with Gasteiger partial charge in [0.15, 0.2) is 5.78 Å². The number of aryl methyl sites for hydroxylation is 2. The normalized spacial score (nSPS) is 12.3. The summed E-state index contributed by atoms with van der Waals surface area (Å²) in [4.78, 5) is 27.6. The van der Waals surface area contributed by atoms with Crippen molar-refractivity contribution in [3.05, 3.63) is 122 Å². The molecule has 0 aliphatic carbocycles. The van der Waals surface area contributed by atoms with Crippen molar-refractivity contribution in [2.45, 2.75) is 31.1 Å². The first kappa shape index (κ1) is 25.6. The number of aromatic amines is 1. The van der Waals surface area contributed by atoms with Gasteiger partial charge in [-0.15, -0.1) is 0 Å². The molecule has 0 amide bonds. The largest absolute Gasteiger partial charge is 0.328 e. The van der Waals surface area contributed by atoms with Crippen molar-refractivity contribution < 1.29 is 13.2 Å². The zero-order chi connectivity index (χ0) is 26.0. The summed E-state index contributed by atoms with van der Waals surface area (Å²) in [6.45, 7) is 3.63. The topological polar surface area (TPSA) is 110 Å². The third-order valence-electron chi connectivity index (χ3n) is 6.24. The maximum atomic E-state index is 13.2. The summed E-state index contributed by atoms with van der Waals surface area (Å²) in [5, 5.41) is 5.81. The van der Waals surface area contributed by atoms with Crippen LogP contribution in [0.3, 0.4) is 0 Å². The van der Waals surface area contributed by atoms with Crippen LogP contribution in [0.4, 0.5) is 0 Å². The Hall–Kier alpha value is -3.52. The molecule has 4 rings (SSSR count). The summed E-state index contributed by atoms with van der Waals surface area (Å²) in [5.41, 5.74) is 5.36. The van der Waals surface area contributed by atoms with E-state index in [0.29, 0.717) is 16.1 Å². The second-order valence-corrected chi connectivity index (χ2v) is 10.8. The molecule has 1 atom stereocenters. The summed E-state index contributed by atoms with van der Waals surface area (Å²) in [6, 6.07) is 21.4. The quantitative estimate of drug-likeness (QED) is 0.319. The number of pyridine rings is 1. The van der Waals surface area contributed by atoms with Crippen LogP contribution in [0, 0.1) is 13.8 Å². The number of benzene rings is 3. The van der Waals surface area contributed by atoms with E-state index in [2.05, 4.69) is 4.98 Å². The number of primary sulfonamides is 1. The fourth-order valence-electron chi connectivity index (χ4n) is 4.24. The molecule has 8 heteroatoms. The highest BCUT2D eigenvalue weighted by molar-refractivity contribution is 7.89. The number of nitrogens with one attached hydrogen (secondary N) is 1. The lowest BCUT2D eigenvalue weighted by Gasteiger charge is -2.20. The highest BCUT2D eigenvalue weighted by Crippen LogP contribution is 2.34. The molecule has 1 unspecified atom stereocenters. The molecule has 0 fully saturated rings. The van der Waals surface area contributed by atoms with E-state index in [4.69, 9.17) is 16.7 Å². The molecular weight excluding hydrogens is 496 g/mol. The number of Topliss-reactive ketones (excluding diaryl/α,β-unsaturated/α-hetero) is 1. The zero-order valence-corrected chi connectivity index (χ0v) is 21.4. The fraction of sp³-hybridized carbons (Fsp3) is 0.143. The highest BCUT2D eigenvalue weighted by Gasteiger charge is 2.22. The Kier molecular flexibility index (Phi) is 7.26. The van der Waals surface area contributed by atoms with Crippen LogP contribution in [0.2, 0.25) is 5.02 Å². The molecule has 0 saturated carbocycles. The number of sulfonamides is 1. The van der Waals surface area contributed by atoms with Crippen molar-refractivity contribution in [3.63, 3.8) is 0 Å². The van der Waals surface area contributed by atoms with Crippen LogP contribution in [0.25, 0.3) is 11.1 Å². The first-order valence-corrected chi connectivity index (χ1v) is 13.2. The van der Waals surface area contributed by atoms with Crippen LogP contribution < -0.4 is 10.7 Å². The molecule has 0 aliphatic heterocycles. The highest BCUT2D eigenvalue weighted by atomic mass is 35.5. The van der Waals surface area contributed by atoms with E-state index in [1.165, 1.54) is 18.3 Å². The molecule has 184 valence electrons. The minimum Gasteiger partial charge on any atom is -0.328 e. The van der Waals surface area contributed by atoms with Gasteiger partial charge >= 0.3 is 0 Å². The summed E-state index contributed by atoms with van der Waals surface area (Å²) in [6.07, 6.45) is 1.66. The maximum Gasteiger partial charge on any atom is 0.250 e. The average molecular weight is 521 g/mol. The van der Waals surface area contributed by atoms with Crippen LogP contribution in [0.15, 0.2) is 88.7 Å². The smallest absolute Gasteiger partial charge is 0.250 e. The van der Waals surface area contributed by atoms with Gasteiger partial charge in [0, 0.05) is 34.7 Å². The van der Waals surface area contributed by atoms with Crippen molar-refractivity contribution in [1.82, 2.24) is 4.98 Å². The zero-order valence-electron chi connectivity index (χ0n) is 19.8. The van der Waals surface area contributed by atoms with Gasteiger partial charge in [-0.25, -0.2) is 13.6 Å². The molecule has 0 saturated heterocycles. The summed E-state index contributed by atoms with van der Waals surface area (Å²) in [7, 11) is -3.76. The van der Waals surface area contributed by atoms with Crippen LogP contribution in [-0.2, 0) is 10.0 Å². The number of hydrogen-bond acceptors (Lipinski definition) is 4. The van der Waals surface area contributed by atoms with E-state index in [-0.39, 0.29) is 28.6 Å². The van der Waals surface area contributed by atoms with Crippen molar-refractivity contribution in [3.8, 4) is 11.1 Å². The van der Waals surface area contributed by atoms with Crippen molar-refractivity contribution in [2.24, 2.45) is 5.14 Å². The lowest BCUT2D eigenvalue weighted by Crippen LogP contribution is -2.14. The number of hydrogen-bond donors (Lipinski definition) is 2. The molecule has 0 bridgehead atoms. The van der Waals surface area contributed by atoms with Gasteiger partial charge in [0.05, 0.1) is 4.90 Å². The molecular formula is C28H25ClN2O4S. The summed E-state index contributed by atoms with van der Waals surface area (Å²) < 4.78 is 23.1. The predicted molar refractivity (Wildman–Crippen MR) is 142 cm³/mol. The number of aromatic nitrogens is 1. The Balaban J connectivity index is 1.69. The average Bonchev–Trinajstić information content (AvgIpc) is 2.84. The van der Waals surface area contributed by atoms with Crippen LogP contribution in [-0.4, -0.2) is 19.2 Å². The molecule has 3 N–H and O–H groups in total. The number of carbonyl (C=O) groups is 1. The Morgan fingerprint density at radius 1 is 0.917 bits per heavy atom. The van der Waals surface area contributed by atoms with E-state index in [0.717, 1.165) is 27.8 Å². The summed E-state index contributed by atoms with van der Waals surface area (Å²) >= 11 is 6.18. The van der Waals surface area contributed by atoms with E-state index < -0.39 is 10.0 Å². The van der Waals surface area contributed by atoms with Gasteiger partial charge in [0.1, 0.15) is 0 Å². The van der Waals surface area contributed by atoms with Gasteiger partial charge in [-0.2, -0.15) is 0 Å². The van der Waals surface area contributed by atoms with E-state index in [9.17, 15) is 18.0 Å². The number of carbonyl (C=O) groups excluding carboxylic acids is 1.